The summed E-state index contributed by atoms with van der Waals surface area (Å²) in [4.78, 5) is 2.62. The first-order valence-electron chi connectivity index (χ1n) is 13.0. The molecule has 3 aliphatic carbocycles. The molecule has 4 rings (SSSR count). The highest BCUT2D eigenvalue weighted by atomic mass is 16.5. The summed E-state index contributed by atoms with van der Waals surface area (Å²) < 4.78 is 5.62. The molecule has 1 saturated heterocycles. The monoisotopic (exact) mass is 443 g/mol. The third-order valence-electron chi connectivity index (χ3n) is 9.40. The first-order valence-corrected chi connectivity index (χ1v) is 13.0. The van der Waals surface area contributed by atoms with Gasteiger partial charge in [0.15, 0.2) is 0 Å². The minimum atomic E-state index is -0.606. The molecule has 180 valence electrons. The summed E-state index contributed by atoms with van der Waals surface area (Å²) >= 11 is 0. The minimum Gasteiger partial charge on any atom is -0.388 e. The second-order valence-corrected chi connectivity index (χ2v) is 11.4. The lowest BCUT2D eigenvalue weighted by Crippen LogP contribution is -2.45. The Labute approximate surface area is 195 Å². The molecule has 0 bridgehead atoms. The largest absolute Gasteiger partial charge is 0.388 e. The fraction of sp³-hybridized carbons (Fsp3) is 0.786. The van der Waals surface area contributed by atoms with Crippen LogP contribution < -0.4 is 0 Å². The van der Waals surface area contributed by atoms with Crippen molar-refractivity contribution >= 4 is 0 Å². The Morgan fingerprint density at radius 1 is 1.22 bits per heavy atom. The van der Waals surface area contributed by atoms with E-state index in [0.717, 1.165) is 37.2 Å². The third-order valence-corrected chi connectivity index (χ3v) is 9.40. The molecule has 32 heavy (non-hydrogen) atoms. The van der Waals surface area contributed by atoms with Gasteiger partial charge in [-0.15, -0.1) is 0 Å². The summed E-state index contributed by atoms with van der Waals surface area (Å²) in [6.07, 6.45) is 12.4. The van der Waals surface area contributed by atoms with Crippen LogP contribution in [0.3, 0.4) is 0 Å². The predicted octanol–water partition coefficient (Wildman–Crippen LogP) is 4.87. The molecule has 7 atom stereocenters. The van der Waals surface area contributed by atoms with Gasteiger partial charge in [0.25, 0.3) is 0 Å². The van der Waals surface area contributed by atoms with Gasteiger partial charge in [0, 0.05) is 12.6 Å². The van der Waals surface area contributed by atoms with E-state index < -0.39 is 12.2 Å². The first kappa shape index (κ1) is 24.2. The molecule has 1 heterocycles. The standard InChI is InChI=1S/C28H45NO3/c1-19(11-13-29-14-15-32-18-20(29)2)24-9-10-25-23(6-5-12-28(24,25)4)8-7-22-16-26(30)21(3)27(31)17-22/h7-8,19-20,24-27,30-31H,3,5-6,9-18H2,1-2,4H3/b23-8+/t19?,20-,24+,25-,26+,27+,28+/m0/s1. The van der Waals surface area contributed by atoms with Crippen molar-refractivity contribution in [3.8, 4) is 0 Å². The fourth-order valence-electron chi connectivity index (χ4n) is 7.30. The maximum absolute atomic E-state index is 10.2. The van der Waals surface area contributed by atoms with Crippen molar-refractivity contribution in [3.05, 3.63) is 35.5 Å². The number of allylic oxidation sites excluding steroid dienone is 3. The van der Waals surface area contributed by atoms with Gasteiger partial charge in [-0.05, 0) is 93.6 Å². The molecule has 1 aliphatic heterocycles. The second kappa shape index (κ2) is 10.1. The summed E-state index contributed by atoms with van der Waals surface area (Å²) in [5.41, 5.74) is 3.74. The SMILES string of the molecule is C=C1[C@H](O)CC(=C/C=C2\CCC[C@]3(C)[C@@H](C(C)CCN4CCOC[C@@H]4C)CC[C@@H]23)C[C@H]1O. The molecule has 4 fully saturated rings. The summed E-state index contributed by atoms with van der Waals surface area (Å²) in [6.45, 7) is 15.2. The maximum Gasteiger partial charge on any atom is 0.0809 e. The van der Waals surface area contributed by atoms with Crippen molar-refractivity contribution in [2.45, 2.75) is 90.4 Å². The Morgan fingerprint density at radius 3 is 2.69 bits per heavy atom. The molecule has 3 saturated carbocycles. The molecule has 0 spiro atoms. The van der Waals surface area contributed by atoms with E-state index in [9.17, 15) is 10.2 Å². The molecule has 0 amide bonds. The van der Waals surface area contributed by atoms with E-state index in [2.05, 4.69) is 44.4 Å². The smallest absolute Gasteiger partial charge is 0.0809 e. The summed E-state index contributed by atoms with van der Waals surface area (Å²) in [7, 11) is 0. The topological polar surface area (TPSA) is 52.9 Å². The van der Waals surface area contributed by atoms with Crippen LogP contribution in [0.15, 0.2) is 35.5 Å². The van der Waals surface area contributed by atoms with Crippen LogP contribution in [-0.4, -0.2) is 59.7 Å². The van der Waals surface area contributed by atoms with Gasteiger partial charge in [-0.25, -0.2) is 0 Å². The molecule has 0 radical (unpaired) electrons. The first-order chi connectivity index (χ1) is 15.3. The van der Waals surface area contributed by atoms with E-state index >= 15 is 0 Å². The number of ether oxygens (including phenoxy) is 1. The molecule has 4 aliphatic rings. The lowest BCUT2D eigenvalue weighted by molar-refractivity contribution is -0.00570. The molecule has 4 nitrogen and oxygen atoms in total. The minimum absolute atomic E-state index is 0.415. The number of nitrogens with zero attached hydrogens (tertiary/aromatic N) is 1. The number of rotatable bonds is 5. The predicted molar refractivity (Wildman–Crippen MR) is 130 cm³/mol. The van der Waals surface area contributed by atoms with Crippen LogP contribution in [0.5, 0.6) is 0 Å². The number of aliphatic hydroxyl groups is 2. The number of hydrogen-bond acceptors (Lipinski definition) is 4. The van der Waals surface area contributed by atoms with E-state index in [1.165, 1.54) is 45.1 Å². The molecule has 2 N–H and O–H groups in total. The molecule has 1 unspecified atom stereocenters. The van der Waals surface area contributed by atoms with E-state index in [1.54, 1.807) is 5.57 Å². The van der Waals surface area contributed by atoms with Crippen LogP contribution in [0.1, 0.15) is 72.1 Å². The van der Waals surface area contributed by atoms with Crippen molar-refractivity contribution in [2.24, 2.45) is 23.2 Å². The number of fused-ring (bicyclic) bond motifs is 1. The molecule has 0 aromatic carbocycles. The summed E-state index contributed by atoms with van der Waals surface area (Å²) in [5, 5.41) is 20.3. The van der Waals surface area contributed by atoms with Gasteiger partial charge in [-0.1, -0.05) is 43.7 Å². The third kappa shape index (κ3) is 4.94. The zero-order valence-electron chi connectivity index (χ0n) is 20.6. The quantitative estimate of drug-likeness (QED) is 0.595. The summed E-state index contributed by atoms with van der Waals surface area (Å²) in [6, 6.07) is 0.550. The van der Waals surface area contributed by atoms with Crippen LogP contribution in [-0.2, 0) is 4.74 Å². The Bertz CT molecular complexity index is 727. The van der Waals surface area contributed by atoms with Gasteiger partial charge in [0.1, 0.15) is 0 Å². The van der Waals surface area contributed by atoms with Gasteiger partial charge in [0.2, 0.25) is 0 Å². The average molecular weight is 444 g/mol. The molecular weight excluding hydrogens is 398 g/mol. The molecule has 4 heteroatoms. The van der Waals surface area contributed by atoms with Crippen molar-refractivity contribution in [1.82, 2.24) is 4.90 Å². The molecular formula is C28H45NO3. The Hall–Kier alpha value is -0.940. The van der Waals surface area contributed by atoms with Gasteiger partial charge >= 0.3 is 0 Å². The van der Waals surface area contributed by atoms with Crippen LogP contribution in [0, 0.1) is 23.2 Å². The van der Waals surface area contributed by atoms with Crippen molar-refractivity contribution < 1.29 is 14.9 Å². The highest BCUT2D eigenvalue weighted by Crippen LogP contribution is 2.59. The van der Waals surface area contributed by atoms with E-state index in [4.69, 9.17) is 4.74 Å². The maximum atomic E-state index is 10.2. The summed E-state index contributed by atoms with van der Waals surface area (Å²) in [5.74, 6) is 2.26. The van der Waals surface area contributed by atoms with Gasteiger partial charge in [0.05, 0.1) is 25.4 Å². The van der Waals surface area contributed by atoms with Gasteiger partial charge < -0.3 is 14.9 Å². The number of morpholine rings is 1. The van der Waals surface area contributed by atoms with Crippen LogP contribution in [0.2, 0.25) is 0 Å². The van der Waals surface area contributed by atoms with Crippen LogP contribution in [0.4, 0.5) is 0 Å². The second-order valence-electron chi connectivity index (χ2n) is 11.4. The van der Waals surface area contributed by atoms with Crippen molar-refractivity contribution in [3.63, 3.8) is 0 Å². The Kier molecular flexibility index (Phi) is 7.66. The van der Waals surface area contributed by atoms with Crippen molar-refractivity contribution in [2.75, 3.05) is 26.3 Å². The Balaban J connectivity index is 1.40. The normalized spacial score (nSPS) is 41.0. The van der Waals surface area contributed by atoms with Crippen LogP contribution in [0.25, 0.3) is 0 Å². The van der Waals surface area contributed by atoms with Crippen molar-refractivity contribution in [1.29, 1.82) is 0 Å². The average Bonchev–Trinajstić information content (AvgIpc) is 3.12. The zero-order valence-corrected chi connectivity index (χ0v) is 20.6. The fourth-order valence-corrected chi connectivity index (χ4v) is 7.30. The van der Waals surface area contributed by atoms with E-state index in [-0.39, 0.29) is 0 Å². The van der Waals surface area contributed by atoms with Gasteiger partial charge in [-0.3, -0.25) is 4.90 Å². The molecule has 0 aromatic heterocycles. The lowest BCUT2D eigenvalue weighted by Gasteiger charge is -2.45. The van der Waals surface area contributed by atoms with Crippen LogP contribution >= 0.6 is 0 Å². The highest BCUT2D eigenvalue weighted by Gasteiger charge is 2.50. The van der Waals surface area contributed by atoms with Gasteiger partial charge in [-0.2, -0.15) is 0 Å². The van der Waals surface area contributed by atoms with E-state index in [0.29, 0.717) is 35.8 Å². The highest BCUT2D eigenvalue weighted by molar-refractivity contribution is 5.29. The number of hydrogen-bond donors (Lipinski definition) is 2. The van der Waals surface area contributed by atoms with E-state index in [1.807, 2.05) is 0 Å². The lowest BCUT2D eigenvalue weighted by atomic mass is 9.61. The molecule has 0 aromatic rings. The Morgan fingerprint density at radius 2 is 1.97 bits per heavy atom. The zero-order chi connectivity index (χ0) is 22.9. The number of aliphatic hydroxyl groups excluding tert-OH is 2.